The Balaban J connectivity index is 1.78. The molecular formula is C14H23N3O3. The molecule has 2 saturated heterocycles. The Morgan fingerprint density at radius 3 is 2.40 bits per heavy atom. The van der Waals surface area contributed by atoms with E-state index in [0.717, 1.165) is 12.8 Å². The molecule has 112 valence electrons. The van der Waals surface area contributed by atoms with E-state index in [4.69, 9.17) is 0 Å². The molecule has 0 radical (unpaired) electrons. The zero-order valence-electron chi connectivity index (χ0n) is 12.1. The third kappa shape index (κ3) is 3.49. The molecule has 0 bridgehead atoms. The SMILES string of the molecule is CC(C)C(=O)NC1CCN(C(=O)C2CCC(=O)N2)CC1. The first-order valence-corrected chi connectivity index (χ1v) is 7.36. The van der Waals surface area contributed by atoms with Crippen LogP contribution >= 0.6 is 0 Å². The first kappa shape index (κ1) is 14.8. The largest absolute Gasteiger partial charge is 0.353 e. The van der Waals surface area contributed by atoms with Crippen LogP contribution in [0.1, 0.15) is 39.5 Å². The van der Waals surface area contributed by atoms with Crippen molar-refractivity contribution in [3.8, 4) is 0 Å². The minimum absolute atomic E-state index is 0.0108. The number of hydrogen-bond donors (Lipinski definition) is 2. The maximum Gasteiger partial charge on any atom is 0.245 e. The van der Waals surface area contributed by atoms with Crippen LogP contribution in [0.2, 0.25) is 0 Å². The number of amides is 3. The van der Waals surface area contributed by atoms with E-state index in [1.807, 2.05) is 13.8 Å². The summed E-state index contributed by atoms with van der Waals surface area (Å²) in [4.78, 5) is 36.8. The predicted molar refractivity (Wildman–Crippen MR) is 73.7 cm³/mol. The third-order valence-corrected chi connectivity index (χ3v) is 3.97. The average Bonchev–Trinajstić information content (AvgIpc) is 2.85. The van der Waals surface area contributed by atoms with E-state index in [1.165, 1.54) is 0 Å². The summed E-state index contributed by atoms with van der Waals surface area (Å²) in [5.74, 6) is 0.0353. The van der Waals surface area contributed by atoms with Gasteiger partial charge < -0.3 is 15.5 Å². The number of nitrogens with one attached hydrogen (secondary N) is 2. The summed E-state index contributed by atoms with van der Waals surface area (Å²) >= 11 is 0. The average molecular weight is 281 g/mol. The molecule has 2 fully saturated rings. The van der Waals surface area contributed by atoms with Gasteiger partial charge in [-0.3, -0.25) is 14.4 Å². The number of rotatable bonds is 3. The van der Waals surface area contributed by atoms with Gasteiger partial charge in [0.1, 0.15) is 6.04 Å². The number of hydrogen-bond acceptors (Lipinski definition) is 3. The van der Waals surface area contributed by atoms with Gasteiger partial charge in [0.15, 0.2) is 0 Å². The van der Waals surface area contributed by atoms with Gasteiger partial charge in [0, 0.05) is 31.5 Å². The standard InChI is InChI=1S/C14H23N3O3/c1-9(2)13(19)15-10-5-7-17(8-6-10)14(20)11-3-4-12(18)16-11/h9-11H,3-8H2,1-2H3,(H,15,19)(H,16,18). The van der Waals surface area contributed by atoms with Crippen molar-refractivity contribution in [1.29, 1.82) is 0 Å². The molecule has 2 N–H and O–H groups in total. The highest BCUT2D eigenvalue weighted by Crippen LogP contribution is 2.15. The van der Waals surface area contributed by atoms with Crippen molar-refractivity contribution in [1.82, 2.24) is 15.5 Å². The molecule has 0 spiro atoms. The number of carbonyl (C=O) groups excluding carboxylic acids is 3. The predicted octanol–water partition coefficient (Wildman–Crippen LogP) is 0.0282. The molecule has 0 aromatic carbocycles. The van der Waals surface area contributed by atoms with E-state index in [-0.39, 0.29) is 35.7 Å². The van der Waals surface area contributed by atoms with Gasteiger partial charge in [-0.05, 0) is 19.3 Å². The molecule has 0 aromatic rings. The lowest BCUT2D eigenvalue weighted by molar-refractivity contribution is -0.135. The van der Waals surface area contributed by atoms with E-state index in [2.05, 4.69) is 10.6 Å². The van der Waals surface area contributed by atoms with Gasteiger partial charge in [-0.1, -0.05) is 13.8 Å². The molecule has 1 atom stereocenters. The lowest BCUT2D eigenvalue weighted by atomic mass is 10.0. The van der Waals surface area contributed by atoms with Gasteiger partial charge in [0.25, 0.3) is 0 Å². The molecule has 1 unspecified atom stereocenters. The highest BCUT2D eigenvalue weighted by atomic mass is 16.2. The van der Waals surface area contributed by atoms with Crippen molar-refractivity contribution in [2.45, 2.75) is 51.6 Å². The Labute approximate surface area is 119 Å². The van der Waals surface area contributed by atoms with E-state index >= 15 is 0 Å². The molecule has 3 amide bonds. The van der Waals surface area contributed by atoms with E-state index < -0.39 is 0 Å². The van der Waals surface area contributed by atoms with Crippen LogP contribution < -0.4 is 10.6 Å². The summed E-state index contributed by atoms with van der Waals surface area (Å²) in [6, 6.07) is -0.184. The van der Waals surface area contributed by atoms with E-state index in [9.17, 15) is 14.4 Å². The lowest BCUT2D eigenvalue weighted by Gasteiger charge is -2.34. The van der Waals surface area contributed by atoms with Crippen LogP contribution in [-0.2, 0) is 14.4 Å². The van der Waals surface area contributed by atoms with Crippen LogP contribution in [0.25, 0.3) is 0 Å². The summed E-state index contributed by atoms with van der Waals surface area (Å²) in [5.41, 5.74) is 0. The summed E-state index contributed by atoms with van der Waals surface area (Å²) < 4.78 is 0. The quantitative estimate of drug-likeness (QED) is 0.766. The summed E-state index contributed by atoms with van der Waals surface area (Å²) in [6.45, 7) is 5.04. The van der Waals surface area contributed by atoms with Crippen molar-refractivity contribution in [3.63, 3.8) is 0 Å². The second kappa shape index (κ2) is 6.24. The third-order valence-electron chi connectivity index (χ3n) is 3.97. The molecule has 2 aliphatic heterocycles. The fraction of sp³-hybridized carbons (Fsp3) is 0.786. The van der Waals surface area contributed by atoms with Crippen LogP contribution in [-0.4, -0.2) is 47.8 Å². The minimum Gasteiger partial charge on any atom is -0.353 e. The van der Waals surface area contributed by atoms with Gasteiger partial charge in [-0.15, -0.1) is 0 Å². The van der Waals surface area contributed by atoms with Gasteiger partial charge in [0.2, 0.25) is 17.7 Å². The van der Waals surface area contributed by atoms with Crippen molar-refractivity contribution in [3.05, 3.63) is 0 Å². The summed E-state index contributed by atoms with van der Waals surface area (Å²) in [6.07, 6.45) is 2.61. The Kier molecular flexibility index (Phi) is 4.62. The normalized spacial score (nSPS) is 23.9. The highest BCUT2D eigenvalue weighted by Gasteiger charge is 2.32. The van der Waals surface area contributed by atoms with Gasteiger partial charge in [-0.25, -0.2) is 0 Å². The van der Waals surface area contributed by atoms with Gasteiger partial charge >= 0.3 is 0 Å². The monoisotopic (exact) mass is 281 g/mol. The first-order valence-electron chi connectivity index (χ1n) is 7.36. The smallest absolute Gasteiger partial charge is 0.245 e. The van der Waals surface area contributed by atoms with Crippen LogP contribution in [0, 0.1) is 5.92 Å². The lowest BCUT2D eigenvalue weighted by Crippen LogP contribution is -2.51. The van der Waals surface area contributed by atoms with Crippen LogP contribution in [0.5, 0.6) is 0 Å². The fourth-order valence-electron chi connectivity index (χ4n) is 2.63. The van der Waals surface area contributed by atoms with Gasteiger partial charge in [0.05, 0.1) is 0 Å². The molecule has 6 heteroatoms. The summed E-state index contributed by atoms with van der Waals surface area (Å²) in [5, 5.41) is 5.72. The molecule has 2 heterocycles. The van der Waals surface area contributed by atoms with Gasteiger partial charge in [-0.2, -0.15) is 0 Å². The zero-order valence-corrected chi connectivity index (χ0v) is 12.1. The maximum absolute atomic E-state index is 12.2. The maximum atomic E-state index is 12.2. The second-order valence-electron chi connectivity index (χ2n) is 5.92. The van der Waals surface area contributed by atoms with Crippen LogP contribution in [0.15, 0.2) is 0 Å². The molecule has 0 saturated carbocycles. The Bertz CT molecular complexity index is 400. The minimum atomic E-state index is -0.343. The fourth-order valence-corrected chi connectivity index (χ4v) is 2.63. The Hall–Kier alpha value is -1.59. The molecule has 6 nitrogen and oxygen atoms in total. The van der Waals surface area contributed by atoms with Crippen molar-refractivity contribution >= 4 is 17.7 Å². The van der Waals surface area contributed by atoms with Crippen molar-refractivity contribution < 1.29 is 14.4 Å². The topological polar surface area (TPSA) is 78.5 Å². The Morgan fingerprint density at radius 1 is 1.25 bits per heavy atom. The molecule has 20 heavy (non-hydrogen) atoms. The zero-order chi connectivity index (χ0) is 14.7. The molecule has 0 aliphatic carbocycles. The number of piperidine rings is 1. The highest BCUT2D eigenvalue weighted by molar-refractivity contribution is 5.90. The van der Waals surface area contributed by atoms with E-state index in [1.54, 1.807) is 4.90 Å². The molecule has 2 rings (SSSR count). The summed E-state index contributed by atoms with van der Waals surface area (Å²) in [7, 11) is 0. The number of nitrogens with zero attached hydrogens (tertiary/aromatic N) is 1. The molecule has 2 aliphatic rings. The van der Waals surface area contributed by atoms with Crippen molar-refractivity contribution in [2.75, 3.05) is 13.1 Å². The number of likely N-dealkylation sites (tertiary alicyclic amines) is 1. The molecular weight excluding hydrogens is 258 g/mol. The van der Waals surface area contributed by atoms with Crippen LogP contribution in [0.4, 0.5) is 0 Å². The first-order chi connectivity index (χ1) is 9.47. The second-order valence-corrected chi connectivity index (χ2v) is 5.92. The van der Waals surface area contributed by atoms with Crippen LogP contribution in [0.3, 0.4) is 0 Å². The Morgan fingerprint density at radius 2 is 1.90 bits per heavy atom. The number of carbonyl (C=O) groups is 3. The van der Waals surface area contributed by atoms with E-state index in [0.29, 0.717) is 25.9 Å². The van der Waals surface area contributed by atoms with Crippen molar-refractivity contribution in [2.24, 2.45) is 5.92 Å². The molecule has 0 aromatic heterocycles.